The summed E-state index contributed by atoms with van der Waals surface area (Å²) in [5.41, 5.74) is -3.07. The van der Waals surface area contributed by atoms with E-state index in [-0.39, 0.29) is 5.56 Å². The number of hydrogen-bond donors (Lipinski definition) is 1. The molecule has 1 fully saturated rings. The van der Waals surface area contributed by atoms with E-state index < -0.39 is 38.1 Å². The predicted octanol–water partition coefficient (Wildman–Crippen LogP) is 2.39. The van der Waals surface area contributed by atoms with Gasteiger partial charge >= 0.3 is 5.97 Å². The number of ether oxygens (including phenoxy) is 1. The van der Waals surface area contributed by atoms with Crippen LogP contribution >= 0.6 is 0 Å². The zero-order valence-electron chi connectivity index (χ0n) is 14.2. The van der Waals surface area contributed by atoms with Gasteiger partial charge in [-0.2, -0.15) is 0 Å². The fourth-order valence-corrected chi connectivity index (χ4v) is 4.69. The van der Waals surface area contributed by atoms with Crippen molar-refractivity contribution in [3.05, 3.63) is 35.9 Å². The minimum Gasteiger partial charge on any atom is -0.459 e. The van der Waals surface area contributed by atoms with Crippen LogP contribution in [0, 0.1) is 5.92 Å². The molecule has 1 N–H and O–H groups in total. The van der Waals surface area contributed by atoms with Crippen LogP contribution in [-0.4, -0.2) is 38.3 Å². The zero-order valence-corrected chi connectivity index (χ0v) is 15.0. The summed E-state index contributed by atoms with van der Waals surface area (Å²) < 4.78 is 45.7. The van der Waals surface area contributed by atoms with Crippen molar-refractivity contribution >= 4 is 15.8 Å². The van der Waals surface area contributed by atoms with Gasteiger partial charge in [-0.3, -0.25) is 4.79 Å². The smallest absolute Gasteiger partial charge is 0.325 e. The minimum atomic E-state index is -4.39. The Morgan fingerprint density at radius 2 is 1.92 bits per heavy atom. The van der Waals surface area contributed by atoms with Gasteiger partial charge in [-0.1, -0.05) is 30.3 Å². The van der Waals surface area contributed by atoms with Crippen molar-refractivity contribution in [3.8, 4) is 0 Å². The number of sulfone groups is 1. The highest BCUT2D eigenvalue weighted by Gasteiger charge is 2.47. The summed E-state index contributed by atoms with van der Waals surface area (Å²) in [6.45, 7) is 5.93. The first kappa shape index (κ1) is 18.9. The maximum absolute atomic E-state index is 14.8. The zero-order chi connectivity index (χ0) is 18.0. The maximum Gasteiger partial charge on any atom is 0.325 e. The minimum absolute atomic E-state index is 0.0250. The van der Waals surface area contributed by atoms with Crippen LogP contribution in [0.2, 0.25) is 0 Å². The molecule has 1 aliphatic heterocycles. The number of carbonyl (C=O) groups is 1. The number of carbonyl (C=O) groups excluding carboxylic acids is 1. The topological polar surface area (TPSA) is 72.5 Å². The number of benzene rings is 1. The molecular weight excluding hydrogens is 333 g/mol. The van der Waals surface area contributed by atoms with E-state index in [1.54, 1.807) is 39.0 Å². The van der Waals surface area contributed by atoms with Gasteiger partial charge in [-0.15, -0.1) is 0 Å². The summed E-state index contributed by atoms with van der Waals surface area (Å²) in [6.07, 6.45) is 0.491. The van der Waals surface area contributed by atoms with Crippen LogP contribution in [0.1, 0.15) is 38.3 Å². The van der Waals surface area contributed by atoms with E-state index in [1.165, 1.54) is 12.1 Å². The lowest BCUT2D eigenvalue weighted by Crippen LogP contribution is -2.43. The molecule has 0 amide bonds. The third kappa shape index (κ3) is 4.33. The summed E-state index contributed by atoms with van der Waals surface area (Å²) >= 11 is 0. The Labute approximate surface area is 142 Å². The van der Waals surface area contributed by atoms with Crippen molar-refractivity contribution in [3.63, 3.8) is 0 Å². The van der Waals surface area contributed by atoms with Crippen LogP contribution in [0.3, 0.4) is 0 Å². The lowest BCUT2D eigenvalue weighted by molar-refractivity contribution is -0.155. The normalized spacial score (nSPS) is 21.2. The van der Waals surface area contributed by atoms with Gasteiger partial charge in [0.25, 0.3) is 0 Å². The number of hydrogen-bond acceptors (Lipinski definition) is 5. The predicted molar refractivity (Wildman–Crippen MR) is 89.8 cm³/mol. The Morgan fingerprint density at radius 1 is 1.29 bits per heavy atom. The standard InChI is InChI=1S/C17H24FNO4S/c1-17(2,3)23-16(20)14(13-9-10-19-11-13)24(21,22)15(18)12-7-5-4-6-8-12/h4-8,13-15,19H,9-11H2,1-3H3/t13-,14?,15?/m1/s1. The molecule has 0 radical (unpaired) electrons. The molecule has 3 atom stereocenters. The molecule has 5 nitrogen and oxygen atoms in total. The molecule has 0 bridgehead atoms. The number of rotatable bonds is 5. The van der Waals surface area contributed by atoms with Crippen molar-refractivity contribution < 1.29 is 22.3 Å². The Kier molecular flexibility index (Phi) is 5.65. The highest BCUT2D eigenvalue weighted by atomic mass is 32.2. The number of nitrogens with one attached hydrogen (secondary N) is 1. The number of alkyl halides is 1. The Balaban J connectivity index is 2.36. The van der Waals surface area contributed by atoms with E-state index in [1.807, 2.05) is 0 Å². The fourth-order valence-electron chi connectivity index (χ4n) is 2.81. The van der Waals surface area contributed by atoms with Crippen molar-refractivity contribution in [1.82, 2.24) is 5.32 Å². The molecule has 0 saturated carbocycles. The van der Waals surface area contributed by atoms with E-state index in [4.69, 9.17) is 4.74 Å². The van der Waals surface area contributed by atoms with Crippen LogP contribution in [0.5, 0.6) is 0 Å². The van der Waals surface area contributed by atoms with Crippen LogP contribution in [-0.2, 0) is 19.4 Å². The van der Waals surface area contributed by atoms with Crippen molar-refractivity contribution in [2.45, 2.75) is 43.5 Å². The van der Waals surface area contributed by atoms with Gasteiger partial charge in [0, 0.05) is 11.5 Å². The van der Waals surface area contributed by atoms with E-state index in [0.29, 0.717) is 19.5 Å². The molecule has 134 valence electrons. The summed E-state index contributed by atoms with van der Waals surface area (Å²) in [5, 5.41) is 1.51. The monoisotopic (exact) mass is 357 g/mol. The fraction of sp³-hybridized carbons (Fsp3) is 0.588. The quantitative estimate of drug-likeness (QED) is 0.819. The van der Waals surface area contributed by atoms with Crippen molar-refractivity contribution in [2.24, 2.45) is 5.92 Å². The number of esters is 1. The van der Waals surface area contributed by atoms with Crippen molar-refractivity contribution in [2.75, 3.05) is 13.1 Å². The van der Waals surface area contributed by atoms with Gasteiger partial charge in [0.15, 0.2) is 5.25 Å². The van der Waals surface area contributed by atoms with E-state index in [2.05, 4.69) is 5.32 Å². The van der Waals surface area contributed by atoms with Gasteiger partial charge in [-0.05, 0) is 40.3 Å². The van der Waals surface area contributed by atoms with Crippen LogP contribution in [0.4, 0.5) is 4.39 Å². The van der Waals surface area contributed by atoms with Gasteiger partial charge in [0.2, 0.25) is 15.3 Å². The molecule has 0 spiro atoms. The lowest BCUT2D eigenvalue weighted by atomic mass is 10.0. The molecule has 0 aromatic heterocycles. The van der Waals surface area contributed by atoms with Crippen LogP contribution < -0.4 is 5.32 Å². The first-order chi connectivity index (χ1) is 11.1. The SMILES string of the molecule is CC(C)(C)OC(=O)C([C@@H]1CCNC1)S(=O)(=O)C(F)c1ccccc1. The lowest BCUT2D eigenvalue weighted by Gasteiger charge is -2.27. The highest BCUT2D eigenvalue weighted by Crippen LogP contribution is 2.33. The van der Waals surface area contributed by atoms with Crippen LogP contribution in [0.15, 0.2) is 30.3 Å². The molecule has 2 rings (SSSR count). The molecule has 1 heterocycles. The van der Waals surface area contributed by atoms with Gasteiger partial charge < -0.3 is 10.1 Å². The molecule has 7 heteroatoms. The second-order valence-corrected chi connectivity index (χ2v) is 9.12. The van der Waals surface area contributed by atoms with Crippen molar-refractivity contribution in [1.29, 1.82) is 0 Å². The van der Waals surface area contributed by atoms with E-state index in [9.17, 15) is 17.6 Å². The molecule has 1 aromatic rings. The average Bonchev–Trinajstić information content (AvgIpc) is 2.99. The van der Waals surface area contributed by atoms with Gasteiger partial charge in [0.1, 0.15) is 5.60 Å². The molecule has 2 unspecified atom stereocenters. The first-order valence-corrected chi connectivity index (χ1v) is 9.59. The third-order valence-corrected chi connectivity index (χ3v) is 6.00. The summed E-state index contributed by atoms with van der Waals surface area (Å²) in [7, 11) is -4.39. The van der Waals surface area contributed by atoms with Gasteiger partial charge in [0.05, 0.1) is 0 Å². The third-order valence-electron chi connectivity index (χ3n) is 3.87. The number of halogens is 1. The molecular formula is C17H24FNO4S. The average molecular weight is 357 g/mol. The molecule has 1 aromatic carbocycles. The summed E-state index contributed by atoms with van der Waals surface area (Å²) in [6, 6.07) is 7.62. The second-order valence-electron chi connectivity index (χ2n) is 7.02. The highest BCUT2D eigenvalue weighted by molar-refractivity contribution is 7.92. The van der Waals surface area contributed by atoms with E-state index >= 15 is 0 Å². The molecule has 1 aliphatic rings. The first-order valence-electron chi connectivity index (χ1n) is 7.98. The Bertz CT molecular complexity index is 664. The molecule has 1 saturated heterocycles. The van der Waals surface area contributed by atoms with E-state index in [0.717, 1.165) is 0 Å². The molecule has 24 heavy (non-hydrogen) atoms. The van der Waals surface area contributed by atoms with Crippen LogP contribution in [0.25, 0.3) is 0 Å². The van der Waals surface area contributed by atoms with Gasteiger partial charge in [-0.25, -0.2) is 12.8 Å². The molecule has 0 aliphatic carbocycles. The Morgan fingerprint density at radius 3 is 2.42 bits per heavy atom. The Hall–Kier alpha value is -1.47. The maximum atomic E-state index is 14.8. The second kappa shape index (κ2) is 7.19. The summed E-state index contributed by atoms with van der Waals surface area (Å²) in [4.78, 5) is 12.5. The summed E-state index contributed by atoms with van der Waals surface area (Å²) in [5.74, 6) is -1.37. The largest absolute Gasteiger partial charge is 0.459 e.